The highest BCUT2D eigenvalue weighted by Crippen LogP contribution is 2.27. The molecule has 1 aliphatic rings. The highest BCUT2D eigenvalue weighted by molar-refractivity contribution is 7.11. The molecule has 2 aromatic rings. The summed E-state index contributed by atoms with van der Waals surface area (Å²) in [6, 6.07) is -0.112. The van der Waals surface area contributed by atoms with Gasteiger partial charge >= 0.3 is 0 Å². The molecule has 2 aromatic heterocycles. The number of hydrogen-bond acceptors (Lipinski definition) is 5. The summed E-state index contributed by atoms with van der Waals surface area (Å²) in [6.45, 7) is 5.33. The van der Waals surface area contributed by atoms with Gasteiger partial charge in [0.2, 0.25) is 0 Å². The van der Waals surface area contributed by atoms with E-state index in [-0.39, 0.29) is 17.9 Å². The van der Waals surface area contributed by atoms with E-state index in [1.165, 1.54) is 0 Å². The summed E-state index contributed by atoms with van der Waals surface area (Å²) in [6.07, 6.45) is 4.52. The maximum Gasteiger partial charge on any atom is 0.255 e. The Hall–Kier alpha value is -1.73. The third kappa shape index (κ3) is 3.05. The van der Waals surface area contributed by atoms with Gasteiger partial charge in [0.1, 0.15) is 5.01 Å². The van der Waals surface area contributed by atoms with Crippen molar-refractivity contribution in [3.63, 3.8) is 0 Å². The van der Waals surface area contributed by atoms with Crippen molar-refractivity contribution < 1.29 is 9.53 Å². The first-order valence-corrected chi connectivity index (χ1v) is 8.20. The molecule has 0 bridgehead atoms. The lowest BCUT2D eigenvalue weighted by Crippen LogP contribution is -2.27. The van der Waals surface area contributed by atoms with E-state index in [9.17, 15) is 4.79 Å². The number of ether oxygens (including phenoxy) is 1. The minimum absolute atomic E-state index is 0.102. The van der Waals surface area contributed by atoms with E-state index in [1.807, 2.05) is 27.1 Å². The second kappa shape index (κ2) is 6.18. The summed E-state index contributed by atoms with van der Waals surface area (Å²) >= 11 is 1.60. The van der Waals surface area contributed by atoms with Gasteiger partial charge in [-0.1, -0.05) is 0 Å². The van der Waals surface area contributed by atoms with Crippen LogP contribution in [0.5, 0.6) is 0 Å². The largest absolute Gasteiger partial charge is 0.381 e. The molecule has 0 aromatic carbocycles. The third-order valence-electron chi connectivity index (χ3n) is 3.78. The monoisotopic (exact) mass is 320 g/mol. The molecule has 1 fully saturated rings. The minimum atomic E-state index is -0.112. The average Bonchev–Trinajstić information content (AvgIpc) is 3.17. The molecule has 3 rings (SSSR count). The first-order valence-electron chi connectivity index (χ1n) is 7.39. The van der Waals surface area contributed by atoms with Crippen LogP contribution in [0.25, 0.3) is 0 Å². The Morgan fingerprint density at radius 3 is 3.05 bits per heavy atom. The van der Waals surface area contributed by atoms with Gasteiger partial charge in [0.15, 0.2) is 0 Å². The number of hydrogen-bond donors (Lipinski definition) is 1. The fourth-order valence-corrected chi connectivity index (χ4v) is 3.42. The summed E-state index contributed by atoms with van der Waals surface area (Å²) in [5, 5.41) is 8.40. The van der Waals surface area contributed by atoms with E-state index in [1.54, 1.807) is 22.2 Å². The lowest BCUT2D eigenvalue weighted by atomic mass is 10.0. The molecule has 0 aliphatic carbocycles. The normalized spacial score (nSPS) is 19.3. The fraction of sp³-hybridized carbons (Fsp3) is 0.533. The molecule has 1 amide bonds. The van der Waals surface area contributed by atoms with Crippen LogP contribution in [-0.4, -0.2) is 33.9 Å². The number of nitrogens with one attached hydrogen (secondary N) is 1. The van der Waals surface area contributed by atoms with Crippen molar-refractivity contribution in [3.05, 3.63) is 33.5 Å². The zero-order valence-corrected chi connectivity index (χ0v) is 13.8. The maximum atomic E-state index is 12.6. The van der Waals surface area contributed by atoms with Gasteiger partial charge in [-0.15, -0.1) is 11.3 Å². The topological polar surface area (TPSA) is 69.0 Å². The molecule has 118 valence electrons. The molecule has 1 aliphatic heterocycles. The molecule has 0 spiro atoms. The number of thiazole rings is 1. The van der Waals surface area contributed by atoms with Crippen LogP contribution in [0.4, 0.5) is 0 Å². The number of aromatic nitrogens is 3. The van der Waals surface area contributed by atoms with Crippen LogP contribution in [0.15, 0.2) is 12.4 Å². The van der Waals surface area contributed by atoms with Crippen LogP contribution in [0.3, 0.4) is 0 Å². The summed E-state index contributed by atoms with van der Waals surface area (Å²) in [7, 11) is 1.84. The molecule has 7 heteroatoms. The van der Waals surface area contributed by atoms with Gasteiger partial charge in [-0.2, -0.15) is 5.10 Å². The first kappa shape index (κ1) is 15.2. The van der Waals surface area contributed by atoms with E-state index >= 15 is 0 Å². The maximum absolute atomic E-state index is 12.6. The number of aryl methyl sites for hydroxylation is 2. The van der Waals surface area contributed by atoms with Gasteiger partial charge in [-0.25, -0.2) is 4.98 Å². The summed E-state index contributed by atoms with van der Waals surface area (Å²) < 4.78 is 7.11. The van der Waals surface area contributed by atoms with Crippen molar-refractivity contribution in [2.75, 3.05) is 13.2 Å². The van der Waals surface area contributed by atoms with E-state index < -0.39 is 0 Å². The Kier molecular flexibility index (Phi) is 4.26. The Morgan fingerprint density at radius 2 is 2.41 bits per heavy atom. The molecule has 0 saturated carbocycles. The highest BCUT2D eigenvalue weighted by atomic mass is 32.1. The Bertz CT molecular complexity index is 673. The van der Waals surface area contributed by atoms with E-state index in [0.29, 0.717) is 12.2 Å². The highest BCUT2D eigenvalue weighted by Gasteiger charge is 2.27. The summed E-state index contributed by atoms with van der Waals surface area (Å²) in [4.78, 5) is 18.1. The van der Waals surface area contributed by atoms with Crippen molar-refractivity contribution in [2.45, 2.75) is 32.2 Å². The molecule has 0 radical (unpaired) electrons. The van der Waals surface area contributed by atoms with Crippen LogP contribution in [0.2, 0.25) is 0 Å². The predicted molar refractivity (Wildman–Crippen MR) is 84.1 cm³/mol. The van der Waals surface area contributed by atoms with Crippen LogP contribution in [-0.2, 0) is 11.8 Å². The zero-order chi connectivity index (χ0) is 15.7. The number of nitrogens with zero attached hydrogens (tertiary/aromatic N) is 3. The van der Waals surface area contributed by atoms with Crippen molar-refractivity contribution >= 4 is 17.2 Å². The van der Waals surface area contributed by atoms with Crippen LogP contribution in [0.1, 0.15) is 51.2 Å². The molecule has 2 atom stereocenters. The quantitative estimate of drug-likeness (QED) is 0.937. The molecule has 22 heavy (non-hydrogen) atoms. The molecule has 1 saturated heterocycles. The standard InChI is InChI=1S/C15H20N4O2S/c1-9-6-16-15(22-9)10(2)17-14(20)12-7-19(3)18-13(12)11-4-5-21-8-11/h6-7,10-11H,4-5,8H2,1-3H3,(H,17,20)/t10-,11+/m1/s1. The Labute approximate surface area is 133 Å². The van der Waals surface area contributed by atoms with Crippen LogP contribution < -0.4 is 5.32 Å². The Morgan fingerprint density at radius 1 is 1.59 bits per heavy atom. The number of carbonyl (C=O) groups excluding carboxylic acids is 1. The lowest BCUT2D eigenvalue weighted by Gasteiger charge is -2.12. The van der Waals surface area contributed by atoms with Crippen LogP contribution in [0, 0.1) is 6.92 Å². The molecule has 0 unspecified atom stereocenters. The van der Waals surface area contributed by atoms with E-state index in [0.717, 1.165) is 28.6 Å². The summed E-state index contributed by atoms with van der Waals surface area (Å²) in [5.41, 5.74) is 1.47. The molecule has 3 heterocycles. The fourth-order valence-electron chi connectivity index (χ4n) is 2.64. The SMILES string of the molecule is Cc1cnc([C@@H](C)NC(=O)c2cn(C)nc2[C@H]2CCOC2)s1. The van der Waals surface area contributed by atoms with Gasteiger partial charge in [-0.3, -0.25) is 9.48 Å². The predicted octanol–water partition coefficient (Wildman–Crippen LogP) is 2.18. The Balaban J connectivity index is 1.77. The first-order chi connectivity index (χ1) is 10.5. The minimum Gasteiger partial charge on any atom is -0.381 e. The van der Waals surface area contributed by atoms with Gasteiger partial charge in [0.05, 0.1) is 23.9 Å². The van der Waals surface area contributed by atoms with E-state index in [2.05, 4.69) is 15.4 Å². The van der Waals surface area contributed by atoms with Crippen LogP contribution >= 0.6 is 11.3 Å². The number of amides is 1. The second-order valence-electron chi connectivity index (χ2n) is 5.67. The molecule has 6 nitrogen and oxygen atoms in total. The molecular formula is C15H20N4O2S. The zero-order valence-electron chi connectivity index (χ0n) is 13.0. The van der Waals surface area contributed by atoms with Crippen molar-refractivity contribution in [2.24, 2.45) is 7.05 Å². The third-order valence-corrected chi connectivity index (χ3v) is 4.87. The van der Waals surface area contributed by atoms with Crippen molar-refractivity contribution in [1.82, 2.24) is 20.1 Å². The number of rotatable bonds is 4. The van der Waals surface area contributed by atoms with Crippen molar-refractivity contribution in [3.8, 4) is 0 Å². The van der Waals surface area contributed by atoms with Gasteiger partial charge in [0, 0.05) is 36.8 Å². The lowest BCUT2D eigenvalue weighted by molar-refractivity contribution is 0.0938. The second-order valence-corrected chi connectivity index (χ2v) is 6.93. The molecule has 1 N–H and O–H groups in total. The van der Waals surface area contributed by atoms with Crippen molar-refractivity contribution in [1.29, 1.82) is 0 Å². The van der Waals surface area contributed by atoms with E-state index in [4.69, 9.17) is 4.74 Å². The summed E-state index contributed by atoms with van der Waals surface area (Å²) in [5.74, 6) is 0.106. The molecular weight excluding hydrogens is 300 g/mol. The smallest absolute Gasteiger partial charge is 0.255 e. The van der Waals surface area contributed by atoms with Gasteiger partial charge in [-0.05, 0) is 20.3 Å². The average molecular weight is 320 g/mol. The van der Waals surface area contributed by atoms with Gasteiger partial charge in [0.25, 0.3) is 5.91 Å². The number of carbonyl (C=O) groups is 1. The van der Waals surface area contributed by atoms with Gasteiger partial charge < -0.3 is 10.1 Å².